The van der Waals surface area contributed by atoms with Crippen molar-refractivity contribution < 1.29 is 9.21 Å². The average molecular weight is 301 g/mol. The highest BCUT2D eigenvalue weighted by atomic mass is 16.3. The minimum Gasteiger partial charge on any atom is -0.445 e. The number of amides is 1. The van der Waals surface area contributed by atoms with Crippen LogP contribution in [-0.2, 0) is 4.79 Å². The molecule has 0 spiro atoms. The van der Waals surface area contributed by atoms with Crippen LogP contribution in [0.4, 0.5) is 5.69 Å². The molecule has 0 aliphatic carbocycles. The van der Waals surface area contributed by atoms with Gasteiger partial charge in [0, 0.05) is 17.8 Å². The molecule has 1 amide bonds. The van der Waals surface area contributed by atoms with Crippen molar-refractivity contribution in [1.82, 2.24) is 4.98 Å². The number of anilines is 1. The molecule has 1 aromatic carbocycles. The molecule has 0 saturated carbocycles. The van der Waals surface area contributed by atoms with Gasteiger partial charge >= 0.3 is 0 Å². The van der Waals surface area contributed by atoms with E-state index in [1.165, 1.54) is 6.26 Å². The van der Waals surface area contributed by atoms with Crippen LogP contribution in [0.15, 0.2) is 35.1 Å². The largest absolute Gasteiger partial charge is 0.445 e. The second kappa shape index (κ2) is 6.75. The van der Waals surface area contributed by atoms with Gasteiger partial charge < -0.3 is 15.5 Å². The number of oxazole rings is 1. The Bertz CT molecular complexity index is 623. The van der Waals surface area contributed by atoms with Gasteiger partial charge in [-0.15, -0.1) is 0 Å². The smallest absolute Gasteiger partial charge is 0.231 e. The first-order valence-corrected chi connectivity index (χ1v) is 7.58. The van der Waals surface area contributed by atoms with Gasteiger partial charge in [0.05, 0.1) is 11.6 Å². The second-order valence-electron chi connectivity index (χ2n) is 5.51. The van der Waals surface area contributed by atoms with Gasteiger partial charge in [0.25, 0.3) is 0 Å². The first-order valence-electron chi connectivity index (χ1n) is 7.58. The third-order valence-electron chi connectivity index (χ3n) is 4.38. The van der Waals surface area contributed by atoms with E-state index in [2.05, 4.69) is 10.3 Å². The molecule has 22 heavy (non-hydrogen) atoms. The molecular formula is C17H23N3O2. The summed E-state index contributed by atoms with van der Waals surface area (Å²) in [5.74, 6) is 0.506. The zero-order valence-corrected chi connectivity index (χ0v) is 13.3. The summed E-state index contributed by atoms with van der Waals surface area (Å²) in [7, 11) is 0. The van der Waals surface area contributed by atoms with E-state index in [1.807, 2.05) is 39.0 Å². The summed E-state index contributed by atoms with van der Waals surface area (Å²) < 4.78 is 5.35. The summed E-state index contributed by atoms with van der Waals surface area (Å²) in [5.41, 5.74) is 7.94. The summed E-state index contributed by atoms with van der Waals surface area (Å²) in [4.78, 5) is 16.7. The molecule has 0 fully saturated rings. The van der Waals surface area contributed by atoms with Gasteiger partial charge in [-0.1, -0.05) is 19.9 Å². The third kappa shape index (κ3) is 3.04. The topological polar surface area (TPSA) is 81.2 Å². The maximum absolute atomic E-state index is 12.6. The monoisotopic (exact) mass is 301 g/mol. The molecule has 5 nitrogen and oxygen atoms in total. The number of rotatable bonds is 6. The molecule has 0 unspecified atom stereocenters. The summed E-state index contributed by atoms with van der Waals surface area (Å²) in [6.45, 7) is 6.30. The van der Waals surface area contributed by atoms with Crippen LogP contribution in [0.5, 0.6) is 0 Å². The van der Waals surface area contributed by atoms with Gasteiger partial charge in [-0.25, -0.2) is 4.98 Å². The van der Waals surface area contributed by atoms with Crippen LogP contribution in [0.3, 0.4) is 0 Å². The normalized spacial score (nSPS) is 11.5. The minimum absolute atomic E-state index is 0.0396. The Hall–Kier alpha value is -2.14. The Labute approximate surface area is 130 Å². The van der Waals surface area contributed by atoms with E-state index in [9.17, 15) is 4.79 Å². The van der Waals surface area contributed by atoms with E-state index in [0.29, 0.717) is 25.3 Å². The minimum atomic E-state index is -0.520. The average Bonchev–Trinajstić information content (AvgIpc) is 3.06. The number of carbonyl (C=O) groups excluding carboxylic acids is 1. The number of aromatic nitrogens is 1. The molecule has 2 aromatic rings. The van der Waals surface area contributed by atoms with E-state index in [1.54, 1.807) is 6.20 Å². The quantitative estimate of drug-likeness (QED) is 0.857. The lowest BCUT2D eigenvalue weighted by atomic mass is 9.81. The molecule has 5 heteroatoms. The molecule has 118 valence electrons. The first kappa shape index (κ1) is 16.2. The van der Waals surface area contributed by atoms with Gasteiger partial charge in [-0.3, -0.25) is 4.79 Å². The molecule has 1 aromatic heterocycles. The van der Waals surface area contributed by atoms with E-state index in [4.69, 9.17) is 10.2 Å². The van der Waals surface area contributed by atoms with Crippen LogP contribution in [0.1, 0.15) is 32.3 Å². The van der Waals surface area contributed by atoms with E-state index in [0.717, 1.165) is 16.8 Å². The van der Waals surface area contributed by atoms with Gasteiger partial charge in [0.15, 0.2) is 0 Å². The van der Waals surface area contributed by atoms with Gasteiger partial charge in [0.2, 0.25) is 11.8 Å². The lowest BCUT2D eigenvalue weighted by molar-refractivity contribution is -0.125. The molecule has 0 aliphatic rings. The maximum atomic E-state index is 12.6. The van der Waals surface area contributed by atoms with Gasteiger partial charge in [-0.05, 0) is 37.5 Å². The fourth-order valence-corrected chi connectivity index (χ4v) is 2.50. The van der Waals surface area contributed by atoms with Crippen LogP contribution in [0.2, 0.25) is 0 Å². The number of nitrogens with one attached hydrogen (secondary N) is 1. The van der Waals surface area contributed by atoms with Crippen molar-refractivity contribution in [2.24, 2.45) is 11.1 Å². The molecule has 0 aliphatic heterocycles. The standard InChI is InChI=1S/C17H23N3O2/c1-4-17(5-2,11-18)16(21)20-13-7-6-12(3)14(10-13)15-19-8-9-22-15/h6-10H,4-5,11,18H2,1-3H3,(H,20,21). The Morgan fingerprint density at radius 1 is 1.36 bits per heavy atom. The summed E-state index contributed by atoms with van der Waals surface area (Å²) >= 11 is 0. The number of aryl methyl sites for hydroxylation is 1. The highest BCUT2D eigenvalue weighted by molar-refractivity contribution is 5.96. The molecule has 3 N–H and O–H groups in total. The van der Waals surface area contributed by atoms with Crippen LogP contribution in [0.25, 0.3) is 11.5 Å². The Balaban J connectivity index is 2.27. The van der Waals surface area contributed by atoms with Crippen LogP contribution >= 0.6 is 0 Å². The van der Waals surface area contributed by atoms with Crippen molar-refractivity contribution in [2.75, 3.05) is 11.9 Å². The first-order chi connectivity index (χ1) is 10.6. The zero-order valence-electron chi connectivity index (χ0n) is 13.3. The van der Waals surface area contributed by atoms with Gasteiger partial charge in [-0.2, -0.15) is 0 Å². The molecule has 1 heterocycles. The molecule has 2 rings (SSSR count). The Morgan fingerprint density at radius 3 is 2.64 bits per heavy atom. The predicted octanol–water partition coefficient (Wildman–Crippen LogP) is 3.35. The van der Waals surface area contributed by atoms with Crippen molar-refractivity contribution in [3.8, 4) is 11.5 Å². The summed E-state index contributed by atoms with van der Waals surface area (Å²) in [6, 6.07) is 5.70. The summed E-state index contributed by atoms with van der Waals surface area (Å²) in [6.07, 6.45) is 4.57. The maximum Gasteiger partial charge on any atom is 0.231 e. The molecule has 0 atom stereocenters. The number of carbonyl (C=O) groups is 1. The number of nitrogens with zero attached hydrogens (tertiary/aromatic N) is 1. The SMILES string of the molecule is CCC(CC)(CN)C(=O)Nc1ccc(C)c(-c2ncco2)c1. The lowest BCUT2D eigenvalue weighted by Gasteiger charge is -2.28. The van der Waals surface area contributed by atoms with Crippen molar-refractivity contribution in [3.05, 3.63) is 36.2 Å². The van der Waals surface area contributed by atoms with Gasteiger partial charge in [0.1, 0.15) is 6.26 Å². The fraction of sp³-hybridized carbons (Fsp3) is 0.412. The third-order valence-corrected chi connectivity index (χ3v) is 4.38. The van der Waals surface area contributed by atoms with E-state index >= 15 is 0 Å². The highest BCUT2D eigenvalue weighted by Gasteiger charge is 2.33. The fourth-order valence-electron chi connectivity index (χ4n) is 2.50. The lowest BCUT2D eigenvalue weighted by Crippen LogP contribution is -2.41. The summed E-state index contributed by atoms with van der Waals surface area (Å²) in [5, 5.41) is 2.98. The Kier molecular flexibility index (Phi) is 4.98. The number of hydrogen-bond donors (Lipinski definition) is 2. The van der Waals surface area contributed by atoms with Crippen LogP contribution in [0, 0.1) is 12.3 Å². The predicted molar refractivity (Wildman–Crippen MR) is 87.4 cm³/mol. The van der Waals surface area contributed by atoms with Crippen LogP contribution < -0.4 is 11.1 Å². The molecular weight excluding hydrogens is 278 g/mol. The highest BCUT2D eigenvalue weighted by Crippen LogP contribution is 2.29. The Morgan fingerprint density at radius 2 is 2.09 bits per heavy atom. The molecule has 0 radical (unpaired) electrons. The van der Waals surface area contributed by atoms with Crippen LogP contribution in [-0.4, -0.2) is 17.4 Å². The number of benzene rings is 1. The van der Waals surface area contributed by atoms with Crippen molar-refractivity contribution in [1.29, 1.82) is 0 Å². The van der Waals surface area contributed by atoms with Crippen molar-refractivity contribution >= 4 is 11.6 Å². The van der Waals surface area contributed by atoms with Crippen molar-refractivity contribution in [3.63, 3.8) is 0 Å². The zero-order chi connectivity index (χ0) is 16.2. The second-order valence-corrected chi connectivity index (χ2v) is 5.51. The molecule has 0 saturated heterocycles. The van der Waals surface area contributed by atoms with Crippen molar-refractivity contribution in [2.45, 2.75) is 33.6 Å². The number of nitrogens with two attached hydrogens (primary N) is 1. The van der Waals surface area contributed by atoms with E-state index < -0.39 is 5.41 Å². The van der Waals surface area contributed by atoms with E-state index in [-0.39, 0.29) is 5.91 Å². The number of hydrogen-bond acceptors (Lipinski definition) is 4. The molecule has 0 bridgehead atoms.